The number of hydrogen-bond acceptors (Lipinski definition) is 6. The number of tetrazole rings is 1. The summed E-state index contributed by atoms with van der Waals surface area (Å²) in [5.74, 6) is 2.33. The molecule has 3 rings (SSSR count). The first kappa shape index (κ1) is 16.4. The van der Waals surface area contributed by atoms with Gasteiger partial charge >= 0.3 is 0 Å². The fraction of sp³-hybridized carbons (Fsp3) is 0.312. The highest BCUT2D eigenvalue weighted by atomic mass is 32.2. The van der Waals surface area contributed by atoms with E-state index in [-0.39, 0.29) is 0 Å². The second-order valence-corrected chi connectivity index (χ2v) is 6.12. The lowest BCUT2D eigenvalue weighted by molar-refractivity contribution is 0.564. The molecule has 0 spiro atoms. The predicted octanol–water partition coefficient (Wildman–Crippen LogP) is 2.82. The van der Waals surface area contributed by atoms with Gasteiger partial charge in [-0.15, -0.1) is 21.9 Å². The minimum atomic E-state index is 0.650. The number of aryl methyl sites for hydroxylation is 1. The number of aromatic nitrogens is 7. The molecular formula is C16H19N7S. The van der Waals surface area contributed by atoms with E-state index in [1.807, 2.05) is 41.1 Å². The van der Waals surface area contributed by atoms with Crippen LogP contribution in [0.5, 0.6) is 0 Å². The zero-order valence-electron chi connectivity index (χ0n) is 13.5. The van der Waals surface area contributed by atoms with Crippen LogP contribution in [-0.2, 0) is 18.8 Å². The zero-order chi connectivity index (χ0) is 16.8. The Morgan fingerprint density at radius 2 is 2.00 bits per heavy atom. The van der Waals surface area contributed by atoms with Gasteiger partial charge in [-0.25, -0.2) is 4.68 Å². The van der Waals surface area contributed by atoms with Gasteiger partial charge in [-0.2, -0.15) is 0 Å². The maximum atomic E-state index is 4.35. The Hall–Kier alpha value is -2.48. The smallest absolute Gasteiger partial charge is 0.192 e. The summed E-state index contributed by atoms with van der Waals surface area (Å²) in [5.41, 5.74) is 1.04. The molecule has 0 saturated heterocycles. The molecule has 0 unspecified atom stereocenters. The Balaban J connectivity index is 1.82. The summed E-state index contributed by atoms with van der Waals surface area (Å²) in [6.45, 7) is 7.41. The number of nitrogens with zero attached hydrogens (tertiary/aromatic N) is 7. The third-order valence-corrected chi connectivity index (χ3v) is 4.40. The molecule has 2 aromatic heterocycles. The quantitative estimate of drug-likeness (QED) is 0.463. The monoisotopic (exact) mass is 341 g/mol. The van der Waals surface area contributed by atoms with Crippen LogP contribution in [0.25, 0.3) is 11.4 Å². The van der Waals surface area contributed by atoms with Gasteiger partial charge < -0.3 is 0 Å². The summed E-state index contributed by atoms with van der Waals surface area (Å²) < 4.78 is 3.89. The van der Waals surface area contributed by atoms with Gasteiger partial charge in [-0.3, -0.25) is 4.57 Å². The Morgan fingerprint density at radius 3 is 2.75 bits per heavy atom. The molecule has 1 aromatic carbocycles. The molecule has 0 saturated carbocycles. The molecule has 0 fully saturated rings. The summed E-state index contributed by atoms with van der Waals surface area (Å²) in [7, 11) is 0. The van der Waals surface area contributed by atoms with Crippen LogP contribution in [0.15, 0.2) is 48.1 Å². The van der Waals surface area contributed by atoms with Gasteiger partial charge in [0.1, 0.15) is 0 Å². The first-order chi connectivity index (χ1) is 11.8. The minimum absolute atomic E-state index is 0.650. The summed E-state index contributed by atoms with van der Waals surface area (Å²) in [6.07, 6.45) is 2.84. The van der Waals surface area contributed by atoms with E-state index in [1.54, 1.807) is 11.8 Å². The Labute approximate surface area is 144 Å². The third kappa shape index (κ3) is 3.53. The zero-order valence-corrected chi connectivity index (χ0v) is 14.4. The molecule has 0 atom stereocenters. The average molecular weight is 341 g/mol. The fourth-order valence-electron chi connectivity index (χ4n) is 2.33. The molecular weight excluding hydrogens is 322 g/mol. The Morgan fingerprint density at radius 1 is 1.17 bits per heavy atom. The number of hydrogen-bond donors (Lipinski definition) is 0. The highest BCUT2D eigenvalue weighted by Gasteiger charge is 2.15. The molecule has 24 heavy (non-hydrogen) atoms. The highest BCUT2D eigenvalue weighted by Crippen LogP contribution is 2.25. The first-order valence-electron chi connectivity index (χ1n) is 7.80. The molecule has 124 valence electrons. The molecule has 0 aliphatic rings. The molecule has 0 aliphatic carbocycles. The van der Waals surface area contributed by atoms with E-state index in [1.165, 1.54) is 0 Å². The number of thioether (sulfide) groups is 1. The van der Waals surface area contributed by atoms with Gasteiger partial charge in [0.25, 0.3) is 0 Å². The van der Waals surface area contributed by atoms with Gasteiger partial charge in [-0.1, -0.05) is 55.1 Å². The van der Waals surface area contributed by atoms with Crippen molar-refractivity contribution in [2.75, 3.05) is 0 Å². The molecule has 0 aliphatic heterocycles. The first-order valence-corrected chi connectivity index (χ1v) is 8.79. The molecule has 3 aromatic rings. The summed E-state index contributed by atoms with van der Waals surface area (Å²) in [4.78, 5) is 0. The standard InChI is InChI=1S/C16H19N7S/c1-3-10-22-15(13-8-6-5-7-9-13)18-19-16(22)24-12-14-17-20-21-23(14)11-4-2/h3,5-9H,1,4,10-12H2,2H3. The molecule has 0 radical (unpaired) electrons. The molecule has 0 bridgehead atoms. The van der Waals surface area contributed by atoms with Crippen LogP contribution >= 0.6 is 11.8 Å². The Bertz CT molecular complexity index is 794. The Kier molecular flexibility index (Phi) is 5.37. The SMILES string of the molecule is C=CCn1c(SCc2nnnn2CCC)nnc1-c1ccccc1. The minimum Gasteiger partial charge on any atom is -0.298 e. The molecule has 7 nitrogen and oxygen atoms in total. The van der Waals surface area contributed by atoms with Crippen LogP contribution < -0.4 is 0 Å². The highest BCUT2D eigenvalue weighted by molar-refractivity contribution is 7.98. The van der Waals surface area contributed by atoms with Gasteiger partial charge in [-0.05, 0) is 16.8 Å². The summed E-state index contributed by atoms with van der Waals surface area (Å²) in [6, 6.07) is 10.0. The van der Waals surface area contributed by atoms with E-state index >= 15 is 0 Å². The van der Waals surface area contributed by atoms with E-state index in [4.69, 9.17) is 0 Å². The van der Waals surface area contributed by atoms with E-state index in [9.17, 15) is 0 Å². The van der Waals surface area contributed by atoms with Crippen molar-refractivity contribution < 1.29 is 0 Å². The van der Waals surface area contributed by atoms with E-state index in [0.717, 1.165) is 35.3 Å². The van der Waals surface area contributed by atoms with Crippen LogP contribution in [0.3, 0.4) is 0 Å². The van der Waals surface area contributed by atoms with Crippen molar-refractivity contribution in [2.24, 2.45) is 0 Å². The van der Waals surface area contributed by atoms with Crippen molar-refractivity contribution in [3.05, 3.63) is 48.8 Å². The van der Waals surface area contributed by atoms with Crippen molar-refractivity contribution in [3.63, 3.8) is 0 Å². The maximum Gasteiger partial charge on any atom is 0.192 e. The maximum absolute atomic E-state index is 4.35. The average Bonchev–Trinajstić information content (AvgIpc) is 3.21. The lowest BCUT2D eigenvalue weighted by atomic mass is 10.2. The largest absolute Gasteiger partial charge is 0.298 e. The third-order valence-electron chi connectivity index (χ3n) is 3.43. The summed E-state index contributed by atoms with van der Waals surface area (Å²) in [5, 5.41) is 21.4. The van der Waals surface area contributed by atoms with Crippen molar-refractivity contribution in [2.45, 2.75) is 37.3 Å². The van der Waals surface area contributed by atoms with E-state index in [0.29, 0.717) is 12.3 Å². The van der Waals surface area contributed by atoms with E-state index in [2.05, 4.69) is 43.8 Å². The van der Waals surface area contributed by atoms with E-state index < -0.39 is 0 Å². The van der Waals surface area contributed by atoms with Crippen LogP contribution in [0.1, 0.15) is 19.2 Å². The second kappa shape index (κ2) is 7.87. The number of allylic oxidation sites excluding steroid dienone is 1. The van der Waals surface area contributed by atoms with Crippen LogP contribution in [0.2, 0.25) is 0 Å². The number of rotatable bonds is 8. The molecule has 0 amide bonds. The lowest BCUT2D eigenvalue weighted by Crippen LogP contribution is -2.05. The topological polar surface area (TPSA) is 74.3 Å². The van der Waals surface area contributed by atoms with Gasteiger partial charge in [0, 0.05) is 18.7 Å². The van der Waals surface area contributed by atoms with Crippen molar-refractivity contribution in [1.82, 2.24) is 35.0 Å². The molecule has 2 heterocycles. The van der Waals surface area contributed by atoms with Crippen LogP contribution in [0, 0.1) is 0 Å². The second-order valence-electron chi connectivity index (χ2n) is 5.18. The van der Waals surface area contributed by atoms with Crippen LogP contribution in [0.4, 0.5) is 0 Å². The van der Waals surface area contributed by atoms with Gasteiger partial charge in [0.15, 0.2) is 16.8 Å². The lowest BCUT2D eigenvalue weighted by Gasteiger charge is -2.07. The molecule has 8 heteroatoms. The van der Waals surface area contributed by atoms with Crippen LogP contribution in [-0.4, -0.2) is 35.0 Å². The predicted molar refractivity (Wildman–Crippen MR) is 93.3 cm³/mol. The van der Waals surface area contributed by atoms with Crippen molar-refractivity contribution in [3.8, 4) is 11.4 Å². The van der Waals surface area contributed by atoms with Crippen molar-refractivity contribution >= 4 is 11.8 Å². The van der Waals surface area contributed by atoms with Crippen molar-refractivity contribution in [1.29, 1.82) is 0 Å². The summed E-state index contributed by atoms with van der Waals surface area (Å²) >= 11 is 1.58. The van der Waals surface area contributed by atoms with Gasteiger partial charge in [0.2, 0.25) is 0 Å². The normalized spacial score (nSPS) is 10.9. The molecule has 0 N–H and O–H groups in total. The number of benzene rings is 1. The fourth-order valence-corrected chi connectivity index (χ4v) is 3.21. The van der Waals surface area contributed by atoms with Gasteiger partial charge in [0.05, 0.1) is 5.75 Å².